The van der Waals surface area contributed by atoms with E-state index in [4.69, 9.17) is 4.74 Å². The molecule has 0 saturated carbocycles. The summed E-state index contributed by atoms with van der Waals surface area (Å²) < 4.78 is 6.83. The summed E-state index contributed by atoms with van der Waals surface area (Å²) in [6.07, 6.45) is 5.07. The number of carbonyl (C=O) groups is 2. The number of ether oxygens (including phenoxy) is 1. The molecule has 2 aliphatic heterocycles. The Morgan fingerprint density at radius 2 is 2.00 bits per heavy atom. The zero-order valence-corrected chi connectivity index (χ0v) is 19.1. The molecule has 1 fully saturated rings. The van der Waals surface area contributed by atoms with Crippen LogP contribution in [0.25, 0.3) is 5.69 Å². The van der Waals surface area contributed by atoms with Crippen molar-refractivity contribution in [3.8, 4) is 5.69 Å². The molecule has 0 aliphatic carbocycles. The number of carbonyl (C=O) groups excluding carboxylic acids is 2. The van der Waals surface area contributed by atoms with Crippen molar-refractivity contribution in [3.05, 3.63) is 65.2 Å². The van der Waals surface area contributed by atoms with Crippen molar-refractivity contribution in [1.29, 1.82) is 0 Å². The minimum absolute atomic E-state index is 0.0695. The Morgan fingerprint density at radius 1 is 1.15 bits per heavy atom. The second kappa shape index (κ2) is 9.68. The summed E-state index contributed by atoms with van der Waals surface area (Å²) in [5, 5.41) is 11.1. The van der Waals surface area contributed by atoms with E-state index < -0.39 is 0 Å². The number of hydrogen-bond donors (Lipinski definition) is 0. The van der Waals surface area contributed by atoms with Gasteiger partial charge in [-0.25, -0.2) is 4.79 Å². The maximum absolute atomic E-state index is 12.7. The molecule has 34 heavy (non-hydrogen) atoms. The number of aromatic nitrogens is 5. The molecule has 1 amide bonds. The van der Waals surface area contributed by atoms with Gasteiger partial charge in [0.2, 0.25) is 5.91 Å². The van der Waals surface area contributed by atoms with Crippen LogP contribution >= 0.6 is 0 Å². The molecule has 1 aromatic carbocycles. The van der Waals surface area contributed by atoms with Crippen LogP contribution in [-0.2, 0) is 28.8 Å². The molecule has 0 N–H and O–H groups in total. The first kappa shape index (κ1) is 22.1. The van der Waals surface area contributed by atoms with Gasteiger partial charge >= 0.3 is 5.97 Å². The van der Waals surface area contributed by atoms with Crippen LogP contribution < -0.4 is 0 Å². The Kier molecular flexibility index (Phi) is 6.31. The second-order valence-corrected chi connectivity index (χ2v) is 8.82. The third kappa shape index (κ3) is 4.96. The molecular formula is C24H27N7O3. The maximum Gasteiger partial charge on any atom is 0.338 e. The van der Waals surface area contributed by atoms with E-state index >= 15 is 0 Å². The first-order valence-corrected chi connectivity index (χ1v) is 11.6. The van der Waals surface area contributed by atoms with E-state index in [2.05, 4.69) is 31.5 Å². The highest BCUT2D eigenvalue weighted by atomic mass is 16.5. The van der Waals surface area contributed by atoms with Crippen LogP contribution in [0.5, 0.6) is 0 Å². The largest absolute Gasteiger partial charge is 0.459 e. The van der Waals surface area contributed by atoms with Crippen LogP contribution in [-0.4, -0.2) is 85.7 Å². The average molecular weight is 462 g/mol. The summed E-state index contributed by atoms with van der Waals surface area (Å²) >= 11 is 0. The number of piperazine rings is 1. The van der Waals surface area contributed by atoms with E-state index in [0.29, 0.717) is 5.56 Å². The minimum atomic E-state index is -0.222. The van der Waals surface area contributed by atoms with Gasteiger partial charge in [-0.2, -0.15) is 4.68 Å². The standard InChI is InChI=1S/C24H27N7O3/c1-17-12-19-13-18(2-5-22(19)24(33)34-17)6-7-29-8-10-30(11-9-29)23(32)14-20-3-4-21(15-25-20)31-16-26-27-28-31/h2-5,13,15-17H,6-12,14H2,1H3/t17-/m0/s1. The molecule has 2 aliphatic rings. The Balaban J connectivity index is 1.09. The third-order valence-electron chi connectivity index (χ3n) is 6.40. The zero-order chi connectivity index (χ0) is 23.5. The topological polar surface area (TPSA) is 106 Å². The normalized spacial score (nSPS) is 18.4. The van der Waals surface area contributed by atoms with Crippen LogP contribution in [0.4, 0.5) is 0 Å². The molecule has 0 bridgehead atoms. The summed E-state index contributed by atoms with van der Waals surface area (Å²) in [5.41, 5.74) is 4.48. The maximum atomic E-state index is 12.7. The summed E-state index contributed by atoms with van der Waals surface area (Å²) in [7, 11) is 0. The lowest BCUT2D eigenvalue weighted by Crippen LogP contribution is -2.49. The number of fused-ring (bicyclic) bond motifs is 1. The Hall–Kier alpha value is -3.66. The SMILES string of the molecule is C[C@H]1Cc2cc(CCN3CCN(C(=O)Cc4ccc(-n5cnnn5)cn4)CC3)ccc2C(=O)O1. The number of tetrazole rings is 1. The molecule has 1 atom stereocenters. The molecule has 3 aromatic rings. The van der Waals surface area contributed by atoms with Crippen molar-refractivity contribution in [2.75, 3.05) is 32.7 Å². The number of rotatable bonds is 6. The number of esters is 1. The van der Waals surface area contributed by atoms with Crippen molar-refractivity contribution in [2.24, 2.45) is 0 Å². The van der Waals surface area contributed by atoms with Gasteiger partial charge in [0.25, 0.3) is 0 Å². The predicted molar refractivity (Wildman–Crippen MR) is 122 cm³/mol. The molecular weight excluding hydrogens is 434 g/mol. The van der Waals surface area contributed by atoms with Crippen LogP contribution in [0.2, 0.25) is 0 Å². The fourth-order valence-electron chi connectivity index (χ4n) is 4.48. The average Bonchev–Trinajstić information content (AvgIpc) is 3.38. The lowest BCUT2D eigenvalue weighted by atomic mass is 9.96. The van der Waals surface area contributed by atoms with Gasteiger partial charge < -0.3 is 9.64 Å². The number of amides is 1. The number of nitrogens with zero attached hydrogens (tertiary/aromatic N) is 7. The van der Waals surface area contributed by atoms with Gasteiger partial charge in [0.15, 0.2) is 0 Å². The van der Waals surface area contributed by atoms with Gasteiger partial charge in [-0.15, -0.1) is 5.10 Å². The third-order valence-corrected chi connectivity index (χ3v) is 6.40. The molecule has 1 saturated heterocycles. The van der Waals surface area contributed by atoms with Crippen molar-refractivity contribution >= 4 is 11.9 Å². The van der Waals surface area contributed by atoms with Gasteiger partial charge in [0.1, 0.15) is 12.4 Å². The smallest absolute Gasteiger partial charge is 0.338 e. The van der Waals surface area contributed by atoms with Crippen molar-refractivity contribution < 1.29 is 14.3 Å². The second-order valence-electron chi connectivity index (χ2n) is 8.82. The highest BCUT2D eigenvalue weighted by Gasteiger charge is 2.24. The van der Waals surface area contributed by atoms with E-state index in [9.17, 15) is 9.59 Å². The number of cyclic esters (lactones) is 1. The summed E-state index contributed by atoms with van der Waals surface area (Å²) in [4.78, 5) is 33.4. The van der Waals surface area contributed by atoms with E-state index in [-0.39, 0.29) is 24.4 Å². The van der Waals surface area contributed by atoms with E-state index in [1.807, 2.05) is 36.1 Å². The quantitative estimate of drug-likeness (QED) is 0.502. The fourth-order valence-corrected chi connectivity index (χ4v) is 4.48. The Bertz CT molecular complexity index is 1160. The van der Waals surface area contributed by atoms with Crippen LogP contribution in [0.3, 0.4) is 0 Å². The molecule has 0 unspecified atom stereocenters. The first-order valence-electron chi connectivity index (χ1n) is 11.6. The van der Waals surface area contributed by atoms with Gasteiger partial charge in [0.05, 0.1) is 23.9 Å². The Morgan fingerprint density at radius 3 is 2.74 bits per heavy atom. The molecule has 5 rings (SSSR count). The van der Waals surface area contributed by atoms with E-state index in [1.54, 1.807) is 6.20 Å². The predicted octanol–water partition coefficient (Wildman–Crippen LogP) is 1.09. The van der Waals surface area contributed by atoms with Gasteiger partial charge in [-0.05, 0) is 53.1 Å². The van der Waals surface area contributed by atoms with Crippen LogP contribution in [0, 0.1) is 0 Å². The van der Waals surface area contributed by atoms with E-state index in [0.717, 1.165) is 62.5 Å². The fraction of sp³-hybridized carbons (Fsp3) is 0.417. The highest BCUT2D eigenvalue weighted by molar-refractivity contribution is 5.92. The van der Waals surface area contributed by atoms with Crippen LogP contribution in [0.15, 0.2) is 42.9 Å². The van der Waals surface area contributed by atoms with Crippen molar-refractivity contribution in [3.63, 3.8) is 0 Å². The summed E-state index contributed by atoms with van der Waals surface area (Å²) in [6.45, 7) is 6.00. The zero-order valence-electron chi connectivity index (χ0n) is 19.1. The molecule has 0 radical (unpaired) electrons. The Labute approximate surface area is 197 Å². The van der Waals surface area contributed by atoms with Gasteiger partial charge in [0, 0.05) is 44.8 Å². The lowest BCUT2D eigenvalue weighted by Gasteiger charge is -2.34. The van der Waals surface area contributed by atoms with Crippen molar-refractivity contribution in [2.45, 2.75) is 32.3 Å². The monoisotopic (exact) mass is 461 g/mol. The molecule has 0 spiro atoms. The van der Waals surface area contributed by atoms with Gasteiger partial charge in [-0.1, -0.05) is 12.1 Å². The summed E-state index contributed by atoms with van der Waals surface area (Å²) in [5.74, 6) is -0.127. The number of benzene rings is 1. The van der Waals surface area contributed by atoms with Crippen molar-refractivity contribution in [1.82, 2.24) is 35.0 Å². The molecule has 10 nitrogen and oxygen atoms in total. The number of pyridine rings is 1. The summed E-state index contributed by atoms with van der Waals surface area (Å²) in [6, 6.07) is 9.74. The first-order chi connectivity index (χ1) is 16.5. The van der Waals surface area contributed by atoms with Crippen LogP contribution in [0.1, 0.15) is 34.1 Å². The lowest BCUT2D eigenvalue weighted by molar-refractivity contribution is -0.132. The molecule has 10 heteroatoms. The molecule has 2 aromatic heterocycles. The van der Waals surface area contributed by atoms with Gasteiger partial charge in [-0.3, -0.25) is 14.7 Å². The van der Waals surface area contributed by atoms with E-state index in [1.165, 1.54) is 16.6 Å². The highest BCUT2D eigenvalue weighted by Crippen LogP contribution is 2.22. The molecule has 176 valence electrons. The number of hydrogen-bond acceptors (Lipinski definition) is 8. The molecule has 4 heterocycles. The minimum Gasteiger partial charge on any atom is -0.459 e.